The maximum absolute atomic E-state index is 3.20. The van der Waals surface area contributed by atoms with E-state index in [4.69, 9.17) is 0 Å². The van der Waals surface area contributed by atoms with Gasteiger partial charge in [0.05, 0.1) is 0 Å². The van der Waals surface area contributed by atoms with Crippen LogP contribution in [0.5, 0.6) is 0 Å². The first-order chi connectivity index (χ1) is 8.63. The molecule has 0 aliphatic carbocycles. The number of hydrogen-bond acceptors (Lipinski definition) is 1. The van der Waals surface area contributed by atoms with Crippen molar-refractivity contribution in [1.29, 1.82) is 0 Å². The summed E-state index contributed by atoms with van der Waals surface area (Å²) in [5.74, 6) is 0. The number of anilines is 1. The van der Waals surface area contributed by atoms with Gasteiger partial charge < -0.3 is 9.88 Å². The minimum Gasteiger partial charge on any atom is -0.388 e. The molecule has 1 aromatic carbocycles. The maximum Gasteiger partial charge on any atom is 0.0470 e. The largest absolute Gasteiger partial charge is 0.388 e. The Morgan fingerprint density at radius 2 is 1.89 bits per heavy atom. The van der Waals surface area contributed by atoms with E-state index in [9.17, 15) is 0 Å². The van der Waals surface area contributed by atoms with Crippen molar-refractivity contribution in [2.45, 2.75) is 33.7 Å². The van der Waals surface area contributed by atoms with E-state index in [2.05, 4.69) is 61.2 Å². The molecule has 96 valence electrons. The Morgan fingerprint density at radius 3 is 2.44 bits per heavy atom. The van der Waals surface area contributed by atoms with Crippen LogP contribution in [0.15, 0.2) is 30.6 Å². The molecule has 0 unspecified atom stereocenters. The van der Waals surface area contributed by atoms with Crippen molar-refractivity contribution >= 4 is 5.69 Å². The molecule has 1 aromatic heterocycles. The molecule has 2 nitrogen and oxygen atoms in total. The zero-order chi connectivity index (χ0) is 13.1. The van der Waals surface area contributed by atoms with E-state index in [-0.39, 0.29) is 0 Å². The molecular formula is C16H22N2. The standard InChI is InChI=1S/C16H22N2/c1-5-15-11-18(9-13(15)3)10-14-6-7-16(17-4)12(2)8-14/h6-9,11,17H,5,10H2,1-4H3. The molecule has 0 spiro atoms. The highest BCUT2D eigenvalue weighted by Crippen LogP contribution is 2.18. The van der Waals surface area contributed by atoms with Crippen molar-refractivity contribution < 1.29 is 0 Å². The summed E-state index contributed by atoms with van der Waals surface area (Å²) in [7, 11) is 1.96. The molecule has 0 atom stereocenters. The van der Waals surface area contributed by atoms with E-state index >= 15 is 0 Å². The minimum atomic E-state index is 0.950. The highest BCUT2D eigenvalue weighted by atomic mass is 14.9. The van der Waals surface area contributed by atoms with E-state index in [1.165, 1.54) is 27.9 Å². The predicted octanol–water partition coefficient (Wildman–Crippen LogP) is 3.76. The molecule has 0 radical (unpaired) electrons. The summed E-state index contributed by atoms with van der Waals surface area (Å²) in [6, 6.07) is 6.61. The van der Waals surface area contributed by atoms with Crippen molar-refractivity contribution in [3.63, 3.8) is 0 Å². The Kier molecular flexibility index (Phi) is 3.75. The summed E-state index contributed by atoms with van der Waals surface area (Å²) in [4.78, 5) is 0. The van der Waals surface area contributed by atoms with Gasteiger partial charge in [0.25, 0.3) is 0 Å². The van der Waals surface area contributed by atoms with Gasteiger partial charge in [0.15, 0.2) is 0 Å². The molecule has 0 bridgehead atoms. The van der Waals surface area contributed by atoms with Crippen LogP contribution in [0.4, 0.5) is 5.69 Å². The summed E-state index contributed by atoms with van der Waals surface area (Å²) < 4.78 is 2.28. The quantitative estimate of drug-likeness (QED) is 0.864. The van der Waals surface area contributed by atoms with Crippen molar-refractivity contribution in [2.24, 2.45) is 0 Å². The van der Waals surface area contributed by atoms with Gasteiger partial charge in [0.1, 0.15) is 0 Å². The topological polar surface area (TPSA) is 17.0 Å². The lowest BCUT2D eigenvalue weighted by Gasteiger charge is -2.08. The van der Waals surface area contributed by atoms with E-state index in [0.717, 1.165) is 13.0 Å². The third-order valence-corrected chi connectivity index (χ3v) is 3.49. The molecule has 2 aromatic rings. The molecule has 0 fully saturated rings. The smallest absolute Gasteiger partial charge is 0.0470 e. The zero-order valence-corrected chi connectivity index (χ0v) is 11.7. The lowest BCUT2D eigenvalue weighted by Crippen LogP contribution is -1.98. The van der Waals surface area contributed by atoms with E-state index in [1.807, 2.05) is 7.05 Å². The first kappa shape index (κ1) is 12.7. The van der Waals surface area contributed by atoms with Gasteiger partial charge in [0.2, 0.25) is 0 Å². The van der Waals surface area contributed by atoms with E-state index in [0.29, 0.717) is 0 Å². The van der Waals surface area contributed by atoms with Crippen LogP contribution in [0.2, 0.25) is 0 Å². The van der Waals surface area contributed by atoms with Gasteiger partial charge in [-0.25, -0.2) is 0 Å². The summed E-state index contributed by atoms with van der Waals surface area (Å²) in [5.41, 5.74) is 6.69. The summed E-state index contributed by atoms with van der Waals surface area (Å²) >= 11 is 0. The average molecular weight is 242 g/mol. The van der Waals surface area contributed by atoms with Crippen molar-refractivity contribution in [3.8, 4) is 0 Å². The molecule has 0 aliphatic heterocycles. The van der Waals surface area contributed by atoms with E-state index in [1.54, 1.807) is 0 Å². The van der Waals surface area contributed by atoms with Crippen LogP contribution in [0.25, 0.3) is 0 Å². The predicted molar refractivity (Wildman–Crippen MR) is 78.4 cm³/mol. The van der Waals surface area contributed by atoms with Gasteiger partial charge in [-0.15, -0.1) is 0 Å². The molecule has 2 heteroatoms. The van der Waals surface area contributed by atoms with Crippen LogP contribution >= 0.6 is 0 Å². The second-order valence-corrected chi connectivity index (χ2v) is 4.89. The Labute approximate surface area is 110 Å². The van der Waals surface area contributed by atoms with Gasteiger partial charge in [-0.2, -0.15) is 0 Å². The Balaban J connectivity index is 2.20. The monoisotopic (exact) mass is 242 g/mol. The van der Waals surface area contributed by atoms with Crippen LogP contribution in [0.1, 0.15) is 29.2 Å². The Morgan fingerprint density at radius 1 is 1.11 bits per heavy atom. The first-order valence-corrected chi connectivity index (χ1v) is 6.56. The summed E-state index contributed by atoms with van der Waals surface area (Å²) in [6.07, 6.45) is 5.60. The van der Waals surface area contributed by atoms with Crippen molar-refractivity contribution in [2.75, 3.05) is 12.4 Å². The Hall–Kier alpha value is -1.70. The molecule has 0 saturated carbocycles. The molecule has 1 heterocycles. The van der Waals surface area contributed by atoms with Crippen LogP contribution in [-0.2, 0) is 13.0 Å². The van der Waals surface area contributed by atoms with Crippen LogP contribution in [0.3, 0.4) is 0 Å². The highest BCUT2D eigenvalue weighted by Gasteiger charge is 2.03. The zero-order valence-electron chi connectivity index (χ0n) is 11.7. The van der Waals surface area contributed by atoms with Gasteiger partial charge in [-0.05, 0) is 48.6 Å². The number of aromatic nitrogens is 1. The van der Waals surface area contributed by atoms with Crippen molar-refractivity contribution in [1.82, 2.24) is 4.57 Å². The fourth-order valence-corrected chi connectivity index (χ4v) is 2.45. The van der Waals surface area contributed by atoms with Crippen LogP contribution in [-0.4, -0.2) is 11.6 Å². The second kappa shape index (κ2) is 5.30. The molecule has 0 saturated heterocycles. The maximum atomic E-state index is 3.20. The number of benzene rings is 1. The van der Waals surface area contributed by atoms with E-state index < -0.39 is 0 Å². The third kappa shape index (κ3) is 2.58. The minimum absolute atomic E-state index is 0.950. The molecule has 2 rings (SSSR count). The lowest BCUT2D eigenvalue weighted by molar-refractivity contribution is 0.800. The molecule has 18 heavy (non-hydrogen) atoms. The highest BCUT2D eigenvalue weighted by molar-refractivity contribution is 5.51. The molecule has 0 amide bonds. The summed E-state index contributed by atoms with van der Waals surface area (Å²) in [6.45, 7) is 7.49. The van der Waals surface area contributed by atoms with Crippen molar-refractivity contribution in [3.05, 3.63) is 52.8 Å². The number of nitrogens with zero attached hydrogens (tertiary/aromatic N) is 1. The fraction of sp³-hybridized carbons (Fsp3) is 0.375. The molecular weight excluding hydrogens is 220 g/mol. The fourth-order valence-electron chi connectivity index (χ4n) is 2.45. The lowest BCUT2D eigenvalue weighted by atomic mass is 10.1. The number of aryl methyl sites for hydroxylation is 3. The first-order valence-electron chi connectivity index (χ1n) is 6.56. The number of rotatable bonds is 4. The van der Waals surface area contributed by atoms with Gasteiger partial charge >= 0.3 is 0 Å². The SMILES string of the molecule is CCc1cn(Cc2ccc(NC)c(C)c2)cc1C. The molecule has 1 N–H and O–H groups in total. The van der Waals surface area contributed by atoms with Gasteiger partial charge in [-0.3, -0.25) is 0 Å². The normalized spacial score (nSPS) is 10.7. The van der Waals surface area contributed by atoms with Crippen LogP contribution in [0, 0.1) is 13.8 Å². The average Bonchev–Trinajstić information content (AvgIpc) is 2.69. The summed E-state index contributed by atoms with van der Waals surface area (Å²) in [5, 5.41) is 3.20. The second-order valence-electron chi connectivity index (χ2n) is 4.89. The number of nitrogens with one attached hydrogen (secondary N) is 1. The van der Waals surface area contributed by atoms with Gasteiger partial charge in [-0.1, -0.05) is 19.1 Å². The molecule has 0 aliphatic rings. The number of hydrogen-bond donors (Lipinski definition) is 1. The van der Waals surface area contributed by atoms with Crippen LogP contribution < -0.4 is 5.32 Å². The Bertz CT molecular complexity index is 538. The van der Waals surface area contributed by atoms with Gasteiger partial charge in [0, 0.05) is 31.7 Å². The third-order valence-electron chi connectivity index (χ3n) is 3.49.